The highest BCUT2D eigenvalue weighted by Crippen LogP contribution is 2.26. The molecular formula is C14H15BrN2. The maximum absolute atomic E-state index is 4.18. The van der Waals surface area contributed by atoms with Crippen LogP contribution in [0.3, 0.4) is 0 Å². The molecule has 0 atom stereocenters. The van der Waals surface area contributed by atoms with Crippen molar-refractivity contribution in [1.29, 1.82) is 0 Å². The molecule has 1 aromatic carbocycles. The largest absolute Gasteiger partial charge is 0.340 e. The molecule has 3 heteroatoms. The lowest BCUT2D eigenvalue weighted by atomic mass is 10.2. The van der Waals surface area contributed by atoms with Gasteiger partial charge in [-0.25, -0.2) is 0 Å². The van der Waals surface area contributed by atoms with Crippen LogP contribution in [0.5, 0.6) is 0 Å². The number of nitrogens with zero attached hydrogens (tertiary/aromatic N) is 2. The van der Waals surface area contributed by atoms with E-state index in [4.69, 9.17) is 0 Å². The quantitative estimate of drug-likeness (QED) is 0.830. The van der Waals surface area contributed by atoms with Crippen molar-refractivity contribution in [1.82, 2.24) is 4.98 Å². The minimum absolute atomic E-state index is 0.993. The Kier molecular flexibility index (Phi) is 4.15. The van der Waals surface area contributed by atoms with Crippen molar-refractivity contribution < 1.29 is 0 Å². The third kappa shape index (κ3) is 3.07. The second-order valence-corrected chi connectivity index (χ2v) is 4.75. The van der Waals surface area contributed by atoms with Crippen molar-refractivity contribution in [3.63, 3.8) is 0 Å². The van der Waals surface area contributed by atoms with E-state index in [1.54, 1.807) is 6.20 Å². The molecule has 0 aliphatic rings. The first kappa shape index (κ1) is 12.1. The average Bonchev–Trinajstić information content (AvgIpc) is 2.38. The van der Waals surface area contributed by atoms with Gasteiger partial charge in [0.15, 0.2) is 0 Å². The van der Waals surface area contributed by atoms with Gasteiger partial charge in [-0.2, -0.15) is 0 Å². The number of hydrogen-bond acceptors (Lipinski definition) is 2. The van der Waals surface area contributed by atoms with Gasteiger partial charge in [-0.05, 0) is 42.8 Å². The third-order valence-electron chi connectivity index (χ3n) is 2.54. The summed E-state index contributed by atoms with van der Waals surface area (Å²) < 4.78 is 1.10. The fourth-order valence-electron chi connectivity index (χ4n) is 1.77. The number of hydrogen-bond donors (Lipinski definition) is 0. The van der Waals surface area contributed by atoms with Crippen molar-refractivity contribution in [3.05, 3.63) is 53.3 Å². The van der Waals surface area contributed by atoms with Gasteiger partial charge in [-0.1, -0.05) is 22.9 Å². The van der Waals surface area contributed by atoms with E-state index in [1.165, 1.54) is 5.69 Å². The van der Waals surface area contributed by atoms with E-state index in [1.807, 2.05) is 12.3 Å². The Balaban J connectivity index is 2.32. The average molecular weight is 291 g/mol. The standard InChI is InChI=1S/C14H15BrN2/c1-2-10-17(14-4-3-9-16-11-14)13-7-5-12(15)6-8-13/h3-9,11H,2,10H2,1H3. The monoisotopic (exact) mass is 290 g/mol. The minimum Gasteiger partial charge on any atom is -0.340 e. The second kappa shape index (κ2) is 5.82. The van der Waals surface area contributed by atoms with Crippen LogP contribution in [0, 0.1) is 0 Å². The van der Waals surface area contributed by atoms with Crippen LogP contribution in [0.1, 0.15) is 13.3 Å². The van der Waals surface area contributed by atoms with Crippen molar-refractivity contribution in [2.24, 2.45) is 0 Å². The normalized spacial score (nSPS) is 10.2. The molecule has 2 nitrogen and oxygen atoms in total. The summed E-state index contributed by atoms with van der Waals surface area (Å²) >= 11 is 3.46. The van der Waals surface area contributed by atoms with E-state index in [9.17, 15) is 0 Å². The zero-order valence-corrected chi connectivity index (χ0v) is 11.4. The first-order chi connectivity index (χ1) is 8.31. The van der Waals surface area contributed by atoms with E-state index < -0.39 is 0 Å². The van der Waals surface area contributed by atoms with E-state index in [2.05, 4.69) is 63.1 Å². The van der Waals surface area contributed by atoms with Crippen LogP contribution in [0.4, 0.5) is 11.4 Å². The van der Waals surface area contributed by atoms with E-state index in [-0.39, 0.29) is 0 Å². The van der Waals surface area contributed by atoms with Crippen LogP contribution in [0.2, 0.25) is 0 Å². The number of rotatable bonds is 4. The Labute approximate surface area is 110 Å². The van der Waals surface area contributed by atoms with E-state index in [0.29, 0.717) is 0 Å². The molecule has 0 aliphatic heterocycles. The molecule has 0 amide bonds. The molecule has 0 aliphatic carbocycles. The Morgan fingerprint density at radius 1 is 1.12 bits per heavy atom. The smallest absolute Gasteiger partial charge is 0.0597 e. The summed E-state index contributed by atoms with van der Waals surface area (Å²) in [4.78, 5) is 6.46. The first-order valence-electron chi connectivity index (χ1n) is 5.74. The van der Waals surface area contributed by atoms with Gasteiger partial charge in [0, 0.05) is 22.9 Å². The van der Waals surface area contributed by atoms with Crippen LogP contribution in [0.25, 0.3) is 0 Å². The summed E-state index contributed by atoms with van der Waals surface area (Å²) in [6, 6.07) is 12.4. The fraction of sp³-hybridized carbons (Fsp3) is 0.214. The first-order valence-corrected chi connectivity index (χ1v) is 6.53. The van der Waals surface area contributed by atoms with Gasteiger partial charge in [0.2, 0.25) is 0 Å². The SMILES string of the molecule is CCCN(c1ccc(Br)cc1)c1cccnc1. The number of pyridine rings is 1. The molecule has 0 fully saturated rings. The van der Waals surface area contributed by atoms with Crippen molar-refractivity contribution in [3.8, 4) is 0 Å². The van der Waals surface area contributed by atoms with Crippen LogP contribution in [0.15, 0.2) is 53.3 Å². The number of halogens is 1. The van der Waals surface area contributed by atoms with Gasteiger partial charge in [0.05, 0.1) is 11.9 Å². The minimum atomic E-state index is 0.993. The van der Waals surface area contributed by atoms with Gasteiger partial charge in [0.25, 0.3) is 0 Å². The van der Waals surface area contributed by atoms with Gasteiger partial charge in [-0.3, -0.25) is 4.98 Å². The summed E-state index contributed by atoms with van der Waals surface area (Å²) in [6.45, 7) is 3.18. The van der Waals surface area contributed by atoms with Gasteiger partial charge in [-0.15, -0.1) is 0 Å². The summed E-state index contributed by atoms with van der Waals surface area (Å²) in [6.07, 6.45) is 4.80. The molecule has 0 bridgehead atoms. The van der Waals surface area contributed by atoms with Crippen LogP contribution >= 0.6 is 15.9 Å². The summed E-state index contributed by atoms with van der Waals surface area (Å²) in [5.74, 6) is 0. The molecule has 0 N–H and O–H groups in total. The predicted octanol–water partition coefficient (Wildman–Crippen LogP) is 4.39. The lowest BCUT2D eigenvalue weighted by Crippen LogP contribution is -2.17. The van der Waals surface area contributed by atoms with Crippen LogP contribution in [-0.2, 0) is 0 Å². The number of aromatic nitrogens is 1. The van der Waals surface area contributed by atoms with Crippen LogP contribution in [-0.4, -0.2) is 11.5 Å². The second-order valence-electron chi connectivity index (χ2n) is 3.84. The molecule has 1 heterocycles. The molecule has 2 rings (SSSR count). The molecule has 0 spiro atoms. The zero-order chi connectivity index (χ0) is 12.1. The fourth-order valence-corrected chi connectivity index (χ4v) is 2.03. The molecule has 0 saturated carbocycles. The molecule has 1 aromatic heterocycles. The highest BCUT2D eigenvalue weighted by Gasteiger charge is 2.07. The lowest BCUT2D eigenvalue weighted by molar-refractivity contribution is 0.883. The van der Waals surface area contributed by atoms with Crippen LogP contribution < -0.4 is 4.90 Å². The molecule has 88 valence electrons. The van der Waals surface area contributed by atoms with E-state index in [0.717, 1.165) is 23.1 Å². The van der Waals surface area contributed by atoms with E-state index >= 15 is 0 Å². The predicted molar refractivity (Wildman–Crippen MR) is 75.7 cm³/mol. The maximum atomic E-state index is 4.18. The molecule has 2 aromatic rings. The number of benzene rings is 1. The molecule has 0 unspecified atom stereocenters. The maximum Gasteiger partial charge on any atom is 0.0597 e. The summed E-state index contributed by atoms with van der Waals surface area (Å²) in [5, 5.41) is 0. The molecule has 0 saturated heterocycles. The highest BCUT2D eigenvalue weighted by atomic mass is 79.9. The van der Waals surface area contributed by atoms with Gasteiger partial charge >= 0.3 is 0 Å². The Hall–Kier alpha value is -1.35. The summed E-state index contributed by atoms with van der Waals surface area (Å²) in [5.41, 5.74) is 2.33. The van der Waals surface area contributed by atoms with Crippen molar-refractivity contribution >= 4 is 27.3 Å². The van der Waals surface area contributed by atoms with Gasteiger partial charge < -0.3 is 4.90 Å². The number of anilines is 2. The van der Waals surface area contributed by atoms with Gasteiger partial charge in [0.1, 0.15) is 0 Å². The third-order valence-corrected chi connectivity index (χ3v) is 3.07. The topological polar surface area (TPSA) is 16.1 Å². The Morgan fingerprint density at radius 3 is 2.47 bits per heavy atom. The highest BCUT2D eigenvalue weighted by molar-refractivity contribution is 9.10. The molecule has 17 heavy (non-hydrogen) atoms. The Bertz CT molecular complexity index is 453. The van der Waals surface area contributed by atoms with Crippen molar-refractivity contribution in [2.75, 3.05) is 11.4 Å². The zero-order valence-electron chi connectivity index (χ0n) is 9.81. The van der Waals surface area contributed by atoms with Crippen molar-refractivity contribution in [2.45, 2.75) is 13.3 Å². The lowest BCUT2D eigenvalue weighted by Gasteiger charge is -2.24. The summed E-state index contributed by atoms with van der Waals surface area (Å²) in [7, 11) is 0. The molecular weight excluding hydrogens is 276 g/mol. The Morgan fingerprint density at radius 2 is 1.88 bits per heavy atom. The molecule has 0 radical (unpaired) electrons.